The molecule has 4 heteroatoms. The maximum Gasteiger partial charge on any atom is 0.161 e. The van der Waals surface area contributed by atoms with E-state index in [2.05, 4.69) is 5.32 Å². The van der Waals surface area contributed by atoms with Crippen molar-refractivity contribution >= 4 is 0 Å². The summed E-state index contributed by atoms with van der Waals surface area (Å²) >= 11 is 0. The van der Waals surface area contributed by atoms with Crippen LogP contribution in [0.4, 0.5) is 0 Å². The molecule has 1 saturated carbocycles. The summed E-state index contributed by atoms with van der Waals surface area (Å²) in [5, 5.41) is 13.4. The first-order valence-corrected chi connectivity index (χ1v) is 7.47. The monoisotopic (exact) mass is 279 g/mol. The molecule has 1 aromatic rings. The molecule has 4 nitrogen and oxygen atoms in total. The van der Waals surface area contributed by atoms with E-state index < -0.39 is 6.10 Å². The number of nitrogens with one attached hydrogen (secondary N) is 1. The molecule has 1 aliphatic carbocycles. The molecule has 2 rings (SSSR count). The molecule has 0 saturated heterocycles. The molecule has 112 valence electrons. The summed E-state index contributed by atoms with van der Waals surface area (Å²) < 4.78 is 10.8. The van der Waals surface area contributed by atoms with Gasteiger partial charge in [0.05, 0.1) is 7.11 Å². The van der Waals surface area contributed by atoms with Gasteiger partial charge in [-0.25, -0.2) is 0 Å². The summed E-state index contributed by atoms with van der Waals surface area (Å²) in [4.78, 5) is 0. The first-order chi connectivity index (χ1) is 9.79. The minimum Gasteiger partial charge on any atom is -0.493 e. The Morgan fingerprint density at radius 2 is 1.90 bits per heavy atom. The Hall–Kier alpha value is -1.26. The van der Waals surface area contributed by atoms with E-state index >= 15 is 0 Å². The third-order valence-corrected chi connectivity index (χ3v) is 3.75. The number of para-hydroxylation sites is 2. The molecule has 0 radical (unpaired) electrons. The number of methoxy groups -OCH3 is 1. The van der Waals surface area contributed by atoms with Crippen LogP contribution in [0.1, 0.15) is 32.1 Å². The number of aliphatic hydroxyl groups is 1. The van der Waals surface area contributed by atoms with E-state index in [1.165, 1.54) is 32.1 Å². The first kappa shape index (κ1) is 15.1. The van der Waals surface area contributed by atoms with E-state index in [9.17, 15) is 5.11 Å². The SMILES string of the molecule is COc1ccccc1OC[C@H](O)CNC1CCCCC1. The topological polar surface area (TPSA) is 50.7 Å². The molecule has 0 aliphatic heterocycles. The summed E-state index contributed by atoms with van der Waals surface area (Å²) in [5.41, 5.74) is 0. The van der Waals surface area contributed by atoms with Gasteiger partial charge >= 0.3 is 0 Å². The van der Waals surface area contributed by atoms with Crippen molar-refractivity contribution in [2.24, 2.45) is 0 Å². The minimum atomic E-state index is -0.498. The van der Waals surface area contributed by atoms with Crippen molar-refractivity contribution in [3.63, 3.8) is 0 Å². The average Bonchev–Trinajstić information content (AvgIpc) is 2.52. The number of aliphatic hydroxyl groups excluding tert-OH is 1. The number of ether oxygens (including phenoxy) is 2. The molecular weight excluding hydrogens is 254 g/mol. The van der Waals surface area contributed by atoms with Gasteiger partial charge in [0.15, 0.2) is 11.5 Å². The van der Waals surface area contributed by atoms with Crippen molar-refractivity contribution in [2.75, 3.05) is 20.3 Å². The second kappa shape index (κ2) is 8.12. The summed E-state index contributed by atoms with van der Waals surface area (Å²) in [5.74, 6) is 1.37. The minimum absolute atomic E-state index is 0.278. The third-order valence-electron chi connectivity index (χ3n) is 3.75. The predicted octanol–water partition coefficient (Wildman–Crippen LogP) is 2.36. The highest BCUT2D eigenvalue weighted by Gasteiger charge is 2.15. The van der Waals surface area contributed by atoms with Gasteiger partial charge in [0.2, 0.25) is 0 Å². The van der Waals surface area contributed by atoms with Crippen molar-refractivity contribution in [3.05, 3.63) is 24.3 Å². The lowest BCUT2D eigenvalue weighted by Crippen LogP contribution is -2.38. The van der Waals surface area contributed by atoms with Crippen LogP contribution in [0.3, 0.4) is 0 Å². The second-order valence-electron chi connectivity index (χ2n) is 5.36. The van der Waals surface area contributed by atoms with Gasteiger partial charge in [0.25, 0.3) is 0 Å². The van der Waals surface area contributed by atoms with Crippen molar-refractivity contribution < 1.29 is 14.6 Å². The number of benzene rings is 1. The van der Waals surface area contributed by atoms with E-state index in [1.54, 1.807) is 7.11 Å². The van der Waals surface area contributed by atoms with E-state index in [1.807, 2.05) is 24.3 Å². The lowest BCUT2D eigenvalue weighted by molar-refractivity contribution is 0.100. The molecule has 1 aliphatic rings. The van der Waals surface area contributed by atoms with Gasteiger partial charge in [-0.2, -0.15) is 0 Å². The van der Waals surface area contributed by atoms with Gasteiger partial charge in [0, 0.05) is 12.6 Å². The van der Waals surface area contributed by atoms with Crippen LogP contribution in [0.2, 0.25) is 0 Å². The number of rotatable bonds is 7. The molecular formula is C16H25NO3. The highest BCUT2D eigenvalue weighted by molar-refractivity contribution is 5.39. The standard InChI is InChI=1S/C16H25NO3/c1-19-15-9-5-6-10-16(15)20-12-14(18)11-17-13-7-3-2-4-8-13/h5-6,9-10,13-14,17-18H,2-4,7-8,11-12H2,1H3/t14-/m1/s1. The normalized spacial score (nSPS) is 17.7. The van der Waals surface area contributed by atoms with Crippen LogP contribution in [0.25, 0.3) is 0 Å². The Labute approximate surface area is 121 Å². The lowest BCUT2D eigenvalue weighted by Gasteiger charge is -2.24. The maximum atomic E-state index is 9.98. The molecule has 0 bridgehead atoms. The zero-order valence-corrected chi connectivity index (χ0v) is 12.2. The van der Waals surface area contributed by atoms with E-state index in [4.69, 9.17) is 9.47 Å². The van der Waals surface area contributed by atoms with Gasteiger partial charge < -0.3 is 19.9 Å². The molecule has 0 unspecified atom stereocenters. The Kier molecular flexibility index (Phi) is 6.15. The van der Waals surface area contributed by atoms with Crippen LogP contribution in [-0.4, -0.2) is 37.5 Å². The van der Waals surface area contributed by atoms with Crippen LogP contribution >= 0.6 is 0 Å². The lowest BCUT2D eigenvalue weighted by atomic mass is 9.95. The Balaban J connectivity index is 1.70. The zero-order chi connectivity index (χ0) is 14.2. The predicted molar refractivity (Wildman–Crippen MR) is 79.4 cm³/mol. The summed E-state index contributed by atoms with van der Waals surface area (Å²) in [6.45, 7) is 0.861. The molecule has 20 heavy (non-hydrogen) atoms. The van der Waals surface area contributed by atoms with Crippen molar-refractivity contribution in [3.8, 4) is 11.5 Å². The molecule has 1 fully saturated rings. The highest BCUT2D eigenvalue weighted by Crippen LogP contribution is 2.25. The zero-order valence-electron chi connectivity index (χ0n) is 12.2. The molecule has 1 atom stereocenters. The maximum absolute atomic E-state index is 9.98. The van der Waals surface area contributed by atoms with Crippen molar-refractivity contribution in [1.82, 2.24) is 5.32 Å². The van der Waals surface area contributed by atoms with E-state index in [0.29, 0.717) is 24.1 Å². The fourth-order valence-electron chi connectivity index (χ4n) is 2.59. The van der Waals surface area contributed by atoms with Crippen molar-refractivity contribution in [2.45, 2.75) is 44.2 Å². The van der Waals surface area contributed by atoms with Crippen LogP contribution in [0, 0.1) is 0 Å². The van der Waals surface area contributed by atoms with Crippen molar-refractivity contribution in [1.29, 1.82) is 0 Å². The third kappa shape index (κ3) is 4.69. The average molecular weight is 279 g/mol. The van der Waals surface area contributed by atoms with Gasteiger partial charge in [-0.1, -0.05) is 31.4 Å². The Morgan fingerprint density at radius 3 is 2.60 bits per heavy atom. The summed E-state index contributed by atoms with van der Waals surface area (Å²) in [7, 11) is 1.61. The molecule has 0 spiro atoms. The number of hydrogen-bond acceptors (Lipinski definition) is 4. The molecule has 0 amide bonds. The molecule has 0 aromatic heterocycles. The second-order valence-corrected chi connectivity index (χ2v) is 5.36. The van der Waals surface area contributed by atoms with Crippen LogP contribution in [0.15, 0.2) is 24.3 Å². The summed E-state index contributed by atoms with van der Waals surface area (Å²) in [6.07, 6.45) is 5.89. The van der Waals surface area contributed by atoms with Gasteiger partial charge in [-0.3, -0.25) is 0 Å². The fourth-order valence-corrected chi connectivity index (χ4v) is 2.59. The molecule has 0 heterocycles. The molecule has 1 aromatic carbocycles. The largest absolute Gasteiger partial charge is 0.493 e. The smallest absolute Gasteiger partial charge is 0.161 e. The van der Waals surface area contributed by atoms with Crippen LogP contribution in [0.5, 0.6) is 11.5 Å². The quantitative estimate of drug-likeness (QED) is 0.804. The van der Waals surface area contributed by atoms with Gasteiger partial charge in [-0.05, 0) is 25.0 Å². The number of hydrogen-bond donors (Lipinski definition) is 2. The first-order valence-electron chi connectivity index (χ1n) is 7.47. The van der Waals surface area contributed by atoms with Crippen LogP contribution in [-0.2, 0) is 0 Å². The highest BCUT2D eigenvalue weighted by atomic mass is 16.5. The van der Waals surface area contributed by atoms with Crippen LogP contribution < -0.4 is 14.8 Å². The Morgan fingerprint density at radius 1 is 1.20 bits per heavy atom. The molecule has 2 N–H and O–H groups in total. The fraction of sp³-hybridized carbons (Fsp3) is 0.625. The van der Waals surface area contributed by atoms with Gasteiger partial charge in [-0.15, -0.1) is 0 Å². The Bertz CT molecular complexity index is 391. The van der Waals surface area contributed by atoms with E-state index in [-0.39, 0.29) is 6.61 Å². The van der Waals surface area contributed by atoms with Gasteiger partial charge in [0.1, 0.15) is 12.7 Å². The van der Waals surface area contributed by atoms with E-state index in [0.717, 1.165) is 0 Å². The summed E-state index contributed by atoms with van der Waals surface area (Å²) in [6, 6.07) is 8.05.